The van der Waals surface area contributed by atoms with Gasteiger partial charge in [0.05, 0.1) is 11.8 Å². The van der Waals surface area contributed by atoms with Crippen LogP contribution in [0.3, 0.4) is 0 Å². The Morgan fingerprint density at radius 1 is 1.50 bits per heavy atom. The van der Waals surface area contributed by atoms with E-state index < -0.39 is 0 Å². The highest BCUT2D eigenvalue weighted by Crippen LogP contribution is 2.11. The molecule has 1 saturated heterocycles. The lowest BCUT2D eigenvalue weighted by molar-refractivity contribution is 0.0929. The number of aromatic nitrogens is 2. The normalized spacial score (nSPS) is 18.6. The number of rotatable bonds is 4. The Morgan fingerprint density at radius 2 is 2.22 bits per heavy atom. The van der Waals surface area contributed by atoms with E-state index in [1.165, 1.54) is 19.3 Å². The number of amides is 1. The van der Waals surface area contributed by atoms with Gasteiger partial charge in [-0.25, -0.2) is 0 Å². The maximum atomic E-state index is 11.9. The zero-order valence-electron chi connectivity index (χ0n) is 11.2. The number of nitrogens with zero attached hydrogens (tertiary/aromatic N) is 2. The molecular weight excluding hydrogens is 228 g/mol. The molecule has 2 N–H and O–H groups in total. The van der Waals surface area contributed by atoms with E-state index in [1.54, 1.807) is 6.20 Å². The van der Waals surface area contributed by atoms with Gasteiger partial charge in [0.15, 0.2) is 0 Å². The number of nitrogens with one attached hydrogen (secondary N) is 2. The molecule has 5 heteroatoms. The molecule has 2 heterocycles. The molecule has 1 aromatic heterocycles. The van der Waals surface area contributed by atoms with Crippen molar-refractivity contribution in [3.05, 3.63) is 17.5 Å². The number of piperidine rings is 1. The quantitative estimate of drug-likeness (QED) is 0.847. The minimum Gasteiger partial charge on any atom is -0.350 e. The summed E-state index contributed by atoms with van der Waals surface area (Å²) in [6.45, 7) is 7.04. The highest BCUT2D eigenvalue weighted by atomic mass is 16.1. The number of carbonyl (C=O) groups excluding carboxylic acids is 1. The fraction of sp³-hybridized carbons (Fsp3) is 0.692. The lowest BCUT2D eigenvalue weighted by atomic mass is 10.1. The minimum absolute atomic E-state index is 0.0369. The molecule has 0 spiro atoms. The fourth-order valence-electron chi connectivity index (χ4n) is 2.40. The van der Waals surface area contributed by atoms with Gasteiger partial charge in [-0.05, 0) is 39.8 Å². The standard InChI is InChI=1S/C13H22N4O/c1-10(17-6-4-3-5-7-17)8-14-13(18)12-9-15-16-11(12)2/h9-10H,3-8H2,1-2H3,(H,14,18)(H,15,16). The summed E-state index contributed by atoms with van der Waals surface area (Å²) in [5.41, 5.74) is 1.46. The van der Waals surface area contributed by atoms with Crippen molar-refractivity contribution in [1.29, 1.82) is 0 Å². The maximum Gasteiger partial charge on any atom is 0.254 e. The second-order valence-electron chi connectivity index (χ2n) is 5.06. The molecule has 0 bridgehead atoms. The first kappa shape index (κ1) is 13.1. The van der Waals surface area contributed by atoms with Crippen LogP contribution >= 0.6 is 0 Å². The molecule has 1 aliphatic rings. The molecule has 1 aliphatic heterocycles. The van der Waals surface area contributed by atoms with Gasteiger partial charge in [0.2, 0.25) is 0 Å². The van der Waals surface area contributed by atoms with E-state index in [0.717, 1.165) is 18.8 Å². The van der Waals surface area contributed by atoms with E-state index in [9.17, 15) is 4.79 Å². The lowest BCUT2D eigenvalue weighted by Gasteiger charge is -2.32. The summed E-state index contributed by atoms with van der Waals surface area (Å²) in [5.74, 6) is -0.0369. The van der Waals surface area contributed by atoms with E-state index >= 15 is 0 Å². The van der Waals surface area contributed by atoms with Gasteiger partial charge in [0, 0.05) is 18.3 Å². The second kappa shape index (κ2) is 6.00. The van der Waals surface area contributed by atoms with Crippen molar-refractivity contribution in [3.63, 3.8) is 0 Å². The first-order chi connectivity index (χ1) is 8.68. The largest absolute Gasteiger partial charge is 0.350 e. The van der Waals surface area contributed by atoms with Gasteiger partial charge < -0.3 is 5.32 Å². The monoisotopic (exact) mass is 250 g/mol. The van der Waals surface area contributed by atoms with Gasteiger partial charge in [0.25, 0.3) is 5.91 Å². The van der Waals surface area contributed by atoms with Gasteiger partial charge in [-0.15, -0.1) is 0 Å². The van der Waals surface area contributed by atoms with Crippen molar-refractivity contribution in [2.24, 2.45) is 0 Å². The van der Waals surface area contributed by atoms with Crippen molar-refractivity contribution < 1.29 is 4.79 Å². The number of aryl methyl sites for hydroxylation is 1. The van der Waals surface area contributed by atoms with E-state index in [2.05, 4.69) is 27.3 Å². The first-order valence-corrected chi connectivity index (χ1v) is 6.70. The third kappa shape index (κ3) is 3.10. The molecule has 1 unspecified atom stereocenters. The SMILES string of the molecule is Cc1[nH]ncc1C(=O)NCC(C)N1CCCCC1. The van der Waals surface area contributed by atoms with E-state index in [0.29, 0.717) is 18.2 Å². The summed E-state index contributed by atoms with van der Waals surface area (Å²) in [4.78, 5) is 14.4. The van der Waals surface area contributed by atoms with Crippen LogP contribution < -0.4 is 5.32 Å². The summed E-state index contributed by atoms with van der Waals surface area (Å²) >= 11 is 0. The average molecular weight is 250 g/mol. The highest BCUT2D eigenvalue weighted by molar-refractivity contribution is 5.94. The Labute approximate surface area is 108 Å². The maximum absolute atomic E-state index is 11.9. The topological polar surface area (TPSA) is 61.0 Å². The molecule has 100 valence electrons. The van der Waals surface area contributed by atoms with E-state index in [4.69, 9.17) is 0 Å². The van der Waals surface area contributed by atoms with Crippen LogP contribution in [0.15, 0.2) is 6.20 Å². The predicted molar refractivity (Wildman–Crippen MR) is 70.5 cm³/mol. The van der Waals surface area contributed by atoms with Gasteiger partial charge in [-0.1, -0.05) is 6.42 Å². The van der Waals surface area contributed by atoms with Crippen molar-refractivity contribution in [2.45, 2.75) is 39.2 Å². The van der Waals surface area contributed by atoms with Crippen LogP contribution in [0.4, 0.5) is 0 Å². The van der Waals surface area contributed by atoms with Gasteiger partial charge >= 0.3 is 0 Å². The Balaban J connectivity index is 1.80. The molecule has 0 saturated carbocycles. The summed E-state index contributed by atoms with van der Waals surface area (Å²) in [7, 11) is 0. The van der Waals surface area contributed by atoms with Crippen molar-refractivity contribution in [2.75, 3.05) is 19.6 Å². The van der Waals surface area contributed by atoms with Gasteiger partial charge in [-0.2, -0.15) is 5.10 Å². The zero-order chi connectivity index (χ0) is 13.0. The van der Waals surface area contributed by atoms with Crippen LogP contribution in [0.5, 0.6) is 0 Å². The van der Waals surface area contributed by atoms with Crippen molar-refractivity contribution >= 4 is 5.91 Å². The summed E-state index contributed by atoms with van der Waals surface area (Å²) in [6, 6.07) is 0.404. The Hall–Kier alpha value is -1.36. The van der Waals surface area contributed by atoms with Crippen LogP contribution in [-0.2, 0) is 0 Å². The average Bonchev–Trinajstić information content (AvgIpc) is 2.83. The minimum atomic E-state index is -0.0369. The molecule has 0 radical (unpaired) electrons. The van der Waals surface area contributed by atoms with Crippen molar-refractivity contribution in [3.8, 4) is 0 Å². The molecule has 1 fully saturated rings. The Morgan fingerprint density at radius 3 is 2.83 bits per heavy atom. The van der Waals surface area contributed by atoms with Crippen LogP contribution in [-0.4, -0.2) is 46.7 Å². The summed E-state index contributed by atoms with van der Waals surface area (Å²) in [6.07, 6.45) is 5.47. The molecule has 5 nitrogen and oxygen atoms in total. The first-order valence-electron chi connectivity index (χ1n) is 6.70. The molecule has 0 aliphatic carbocycles. The third-order valence-corrected chi connectivity index (χ3v) is 3.65. The number of carbonyl (C=O) groups is 1. The molecule has 18 heavy (non-hydrogen) atoms. The lowest BCUT2D eigenvalue weighted by Crippen LogP contribution is -2.44. The van der Waals surface area contributed by atoms with Crippen LogP contribution in [0.1, 0.15) is 42.2 Å². The third-order valence-electron chi connectivity index (χ3n) is 3.65. The number of aromatic amines is 1. The summed E-state index contributed by atoms with van der Waals surface area (Å²) in [5, 5.41) is 9.63. The highest BCUT2D eigenvalue weighted by Gasteiger charge is 2.18. The molecule has 0 aromatic carbocycles. The molecular formula is C13H22N4O. The smallest absolute Gasteiger partial charge is 0.254 e. The van der Waals surface area contributed by atoms with E-state index in [-0.39, 0.29) is 5.91 Å². The second-order valence-corrected chi connectivity index (χ2v) is 5.06. The van der Waals surface area contributed by atoms with Gasteiger partial charge in [0.1, 0.15) is 0 Å². The van der Waals surface area contributed by atoms with Gasteiger partial charge in [-0.3, -0.25) is 14.8 Å². The number of H-pyrrole nitrogens is 1. The molecule has 1 amide bonds. The van der Waals surface area contributed by atoms with Crippen LogP contribution in [0.2, 0.25) is 0 Å². The fourth-order valence-corrected chi connectivity index (χ4v) is 2.40. The molecule has 1 aromatic rings. The molecule has 1 atom stereocenters. The Bertz CT molecular complexity index is 395. The number of hydrogen-bond acceptors (Lipinski definition) is 3. The van der Waals surface area contributed by atoms with E-state index in [1.807, 2.05) is 6.92 Å². The Kier molecular flexibility index (Phi) is 4.36. The van der Waals surface area contributed by atoms with Crippen LogP contribution in [0.25, 0.3) is 0 Å². The number of hydrogen-bond donors (Lipinski definition) is 2. The molecule has 2 rings (SSSR count). The van der Waals surface area contributed by atoms with Crippen molar-refractivity contribution in [1.82, 2.24) is 20.4 Å². The summed E-state index contributed by atoms with van der Waals surface area (Å²) < 4.78 is 0. The number of likely N-dealkylation sites (tertiary alicyclic amines) is 1. The predicted octanol–water partition coefficient (Wildman–Crippen LogP) is 1.32. The zero-order valence-corrected chi connectivity index (χ0v) is 11.2. The van der Waals surface area contributed by atoms with Crippen LogP contribution in [0, 0.1) is 6.92 Å².